The van der Waals surface area contributed by atoms with E-state index in [0.29, 0.717) is 39.3 Å². The number of para-hydroxylation sites is 2. The second kappa shape index (κ2) is 8.63. The second-order valence-corrected chi connectivity index (χ2v) is 8.30. The number of fused-ring (bicyclic) bond motifs is 2. The topological polar surface area (TPSA) is 90.6 Å². The highest BCUT2D eigenvalue weighted by Gasteiger charge is 2.16. The van der Waals surface area contributed by atoms with Gasteiger partial charge in [0.1, 0.15) is 17.1 Å². The Kier molecular flexibility index (Phi) is 5.15. The molecule has 0 unspecified atom stereocenters. The van der Waals surface area contributed by atoms with E-state index in [2.05, 4.69) is 10.1 Å². The van der Waals surface area contributed by atoms with Gasteiger partial charge in [0.2, 0.25) is 5.82 Å². The van der Waals surface area contributed by atoms with Crippen LogP contribution in [0.15, 0.2) is 110 Å². The average molecular weight is 473 g/mol. The Hall–Kier alpha value is -5.04. The maximum Gasteiger partial charge on any atom is 0.282 e. The van der Waals surface area contributed by atoms with E-state index in [9.17, 15) is 9.59 Å². The van der Waals surface area contributed by atoms with Gasteiger partial charge in [-0.05, 0) is 43.3 Å². The van der Waals surface area contributed by atoms with Crippen LogP contribution in [-0.2, 0) is 0 Å². The molecule has 6 rings (SSSR count). The molecular formula is C29H19N3O4. The lowest BCUT2D eigenvalue weighted by molar-refractivity contribution is 0.101. The van der Waals surface area contributed by atoms with Gasteiger partial charge in [0.15, 0.2) is 11.5 Å². The third-order valence-electron chi connectivity index (χ3n) is 5.90. The predicted octanol–water partition coefficient (Wildman–Crippen LogP) is 6.15. The van der Waals surface area contributed by atoms with Crippen molar-refractivity contribution in [3.8, 4) is 22.9 Å². The smallest absolute Gasteiger partial charge is 0.282 e. The van der Waals surface area contributed by atoms with E-state index in [1.807, 2.05) is 54.6 Å². The van der Waals surface area contributed by atoms with Crippen molar-refractivity contribution < 1.29 is 13.6 Å². The summed E-state index contributed by atoms with van der Waals surface area (Å²) >= 11 is 0. The van der Waals surface area contributed by atoms with Crippen LogP contribution < -0.4 is 5.56 Å². The molecule has 7 heteroatoms. The molecule has 3 aromatic heterocycles. The van der Waals surface area contributed by atoms with Gasteiger partial charge < -0.3 is 8.83 Å². The number of benzene rings is 3. The van der Waals surface area contributed by atoms with Crippen LogP contribution in [0.1, 0.15) is 23.0 Å². The summed E-state index contributed by atoms with van der Waals surface area (Å²) < 4.78 is 13.1. The van der Waals surface area contributed by atoms with E-state index in [1.54, 1.807) is 36.4 Å². The first-order valence-electron chi connectivity index (χ1n) is 11.3. The van der Waals surface area contributed by atoms with Crippen molar-refractivity contribution >= 4 is 33.9 Å². The van der Waals surface area contributed by atoms with E-state index in [-0.39, 0.29) is 17.2 Å². The van der Waals surface area contributed by atoms with Crippen LogP contribution in [0.25, 0.3) is 44.8 Å². The lowest BCUT2D eigenvalue weighted by atomic mass is 10.1. The van der Waals surface area contributed by atoms with E-state index in [0.717, 1.165) is 10.9 Å². The number of carbonyl (C=O) groups excluding carboxylic acids is 1. The Morgan fingerprint density at radius 1 is 0.889 bits per heavy atom. The Bertz CT molecular complexity index is 1810. The fourth-order valence-electron chi connectivity index (χ4n) is 4.04. The molecule has 0 aliphatic heterocycles. The Balaban J connectivity index is 1.42. The van der Waals surface area contributed by atoms with Crippen molar-refractivity contribution in [3.05, 3.63) is 113 Å². The van der Waals surface area contributed by atoms with E-state index in [4.69, 9.17) is 8.83 Å². The van der Waals surface area contributed by atoms with Crippen LogP contribution in [0.4, 0.5) is 0 Å². The maximum absolute atomic E-state index is 13.4. The van der Waals surface area contributed by atoms with Crippen molar-refractivity contribution in [1.82, 2.24) is 9.66 Å². The van der Waals surface area contributed by atoms with Gasteiger partial charge in [-0.1, -0.05) is 54.6 Å². The summed E-state index contributed by atoms with van der Waals surface area (Å²) in [7, 11) is 0. The lowest BCUT2D eigenvalue weighted by Gasteiger charge is -2.06. The van der Waals surface area contributed by atoms with Gasteiger partial charge in [-0.2, -0.15) is 9.78 Å². The number of rotatable bonds is 5. The zero-order valence-corrected chi connectivity index (χ0v) is 19.2. The average Bonchev–Trinajstić information content (AvgIpc) is 3.55. The molecule has 0 radical (unpaired) electrons. The molecule has 0 spiro atoms. The van der Waals surface area contributed by atoms with E-state index >= 15 is 0 Å². The van der Waals surface area contributed by atoms with Crippen LogP contribution in [-0.4, -0.2) is 21.7 Å². The number of aromatic nitrogens is 2. The summed E-state index contributed by atoms with van der Waals surface area (Å²) in [6.07, 6.45) is 1.47. The van der Waals surface area contributed by atoms with Crippen LogP contribution >= 0.6 is 0 Å². The monoisotopic (exact) mass is 473 g/mol. The van der Waals surface area contributed by atoms with Gasteiger partial charge >= 0.3 is 0 Å². The molecule has 3 heterocycles. The number of hydrogen-bond donors (Lipinski definition) is 0. The van der Waals surface area contributed by atoms with Crippen molar-refractivity contribution in [2.24, 2.45) is 5.10 Å². The third-order valence-corrected chi connectivity index (χ3v) is 5.90. The Labute approximate surface area is 204 Å². The molecule has 0 N–H and O–H groups in total. The van der Waals surface area contributed by atoms with Gasteiger partial charge in [0.05, 0.1) is 17.1 Å². The molecule has 36 heavy (non-hydrogen) atoms. The standard InChI is InChI=1S/C29H19N3O4/c1-18(33)19-10-12-20(13-11-19)26-15-14-22(35-26)17-30-32-28(27-16-21-6-2-5-9-25(21)36-27)31-24-8-4-3-7-23(24)29(32)34/h2-17H,1H3. The van der Waals surface area contributed by atoms with Crippen LogP contribution in [0.5, 0.6) is 0 Å². The molecule has 7 nitrogen and oxygen atoms in total. The molecule has 0 atom stereocenters. The van der Waals surface area contributed by atoms with Crippen LogP contribution in [0, 0.1) is 0 Å². The normalized spacial score (nSPS) is 11.6. The highest BCUT2D eigenvalue weighted by molar-refractivity contribution is 5.94. The van der Waals surface area contributed by atoms with Crippen molar-refractivity contribution in [2.75, 3.05) is 0 Å². The summed E-state index contributed by atoms with van der Waals surface area (Å²) in [5.41, 5.74) is 2.38. The number of nitrogens with zero attached hydrogens (tertiary/aromatic N) is 3. The molecule has 0 fully saturated rings. The Morgan fingerprint density at radius 3 is 2.47 bits per heavy atom. The van der Waals surface area contributed by atoms with Gasteiger partial charge in [-0.25, -0.2) is 4.98 Å². The number of furan rings is 2. The molecular weight excluding hydrogens is 454 g/mol. The molecule has 6 aromatic rings. The minimum absolute atomic E-state index is 0.00325. The highest BCUT2D eigenvalue weighted by atomic mass is 16.3. The van der Waals surface area contributed by atoms with E-state index in [1.165, 1.54) is 17.8 Å². The molecule has 0 aliphatic rings. The van der Waals surface area contributed by atoms with Crippen molar-refractivity contribution in [3.63, 3.8) is 0 Å². The number of Topliss-reactive ketones (excluding diaryl/α,β-unsaturated/α-hetero) is 1. The first kappa shape index (κ1) is 21.5. The molecule has 3 aromatic carbocycles. The summed E-state index contributed by atoms with van der Waals surface area (Å²) in [6.45, 7) is 1.53. The fraction of sp³-hybridized carbons (Fsp3) is 0.0345. The SMILES string of the molecule is CC(=O)c1ccc(-c2ccc(C=Nn3c(-c4cc5ccccc5o4)nc4ccccc4c3=O)o2)cc1. The zero-order valence-electron chi connectivity index (χ0n) is 19.2. The number of hydrogen-bond acceptors (Lipinski definition) is 6. The van der Waals surface area contributed by atoms with Crippen molar-refractivity contribution in [1.29, 1.82) is 0 Å². The van der Waals surface area contributed by atoms with E-state index < -0.39 is 0 Å². The highest BCUT2D eigenvalue weighted by Crippen LogP contribution is 2.27. The fourth-order valence-corrected chi connectivity index (χ4v) is 4.04. The zero-order chi connectivity index (χ0) is 24.6. The van der Waals surface area contributed by atoms with Gasteiger partial charge in [0.25, 0.3) is 5.56 Å². The largest absolute Gasteiger partial charge is 0.455 e. The quantitative estimate of drug-likeness (QED) is 0.221. The molecule has 174 valence electrons. The number of carbonyl (C=O) groups is 1. The number of ketones is 1. The molecule has 0 saturated carbocycles. The minimum atomic E-state index is -0.320. The second-order valence-electron chi connectivity index (χ2n) is 8.30. The minimum Gasteiger partial charge on any atom is -0.455 e. The Morgan fingerprint density at radius 2 is 1.67 bits per heavy atom. The third kappa shape index (κ3) is 3.82. The maximum atomic E-state index is 13.4. The summed E-state index contributed by atoms with van der Waals surface area (Å²) in [5.74, 6) is 1.80. The first-order chi connectivity index (χ1) is 17.6. The molecule has 0 aliphatic carbocycles. The van der Waals surface area contributed by atoms with Crippen LogP contribution in [0.3, 0.4) is 0 Å². The van der Waals surface area contributed by atoms with Crippen LogP contribution in [0.2, 0.25) is 0 Å². The van der Waals surface area contributed by atoms with Gasteiger partial charge in [0, 0.05) is 16.5 Å². The summed E-state index contributed by atoms with van der Waals surface area (Å²) in [5, 5.41) is 5.78. The summed E-state index contributed by atoms with van der Waals surface area (Å²) in [6, 6.07) is 27.3. The van der Waals surface area contributed by atoms with Gasteiger partial charge in [-0.3, -0.25) is 9.59 Å². The summed E-state index contributed by atoms with van der Waals surface area (Å²) in [4.78, 5) is 29.6. The lowest BCUT2D eigenvalue weighted by Crippen LogP contribution is -2.20. The molecule has 0 amide bonds. The first-order valence-corrected chi connectivity index (χ1v) is 11.3. The molecule has 0 saturated heterocycles. The predicted molar refractivity (Wildman–Crippen MR) is 138 cm³/mol. The van der Waals surface area contributed by atoms with Gasteiger partial charge in [-0.15, -0.1) is 0 Å². The van der Waals surface area contributed by atoms with Crippen molar-refractivity contribution in [2.45, 2.75) is 6.92 Å². The molecule has 0 bridgehead atoms.